The van der Waals surface area contributed by atoms with Gasteiger partial charge in [0, 0.05) is 18.0 Å². The highest BCUT2D eigenvalue weighted by Crippen LogP contribution is 2.19. The molecule has 0 unspecified atom stereocenters. The summed E-state index contributed by atoms with van der Waals surface area (Å²) in [6.45, 7) is 2.94. The Bertz CT molecular complexity index is 716. The Morgan fingerprint density at radius 1 is 1.11 bits per heavy atom. The molecule has 19 heavy (non-hydrogen) atoms. The van der Waals surface area contributed by atoms with Crippen molar-refractivity contribution in [3.8, 4) is 0 Å². The van der Waals surface area contributed by atoms with Crippen LogP contribution in [0.25, 0.3) is 11.0 Å². The van der Waals surface area contributed by atoms with Crippen molar-refractivity contribution in [2.24, 2.45) is 0 Å². The topological polar surface area (TPSA) is 17.8 Å². The molecule has 3 rings (SSSR count). The number of para-hydroxylation sites is 2. The molecule has 0 fully saturated rings. The molecule has 0 bridgehead atoms. The third-order valence-corrected chi connectivity index (χ3v) is 3.51. The Labute approximate surface area is 117 Å². The molecule has 0 aliphatic carbocycles. The third-order valence-electron chi connectivity index (χ3n) is 3.28. The van der Waals surface area contributed by atoms with E-state index >= 15 is 0 Å². The number of nitrogens with zero attached hydrogens (tertiary/aromatic N) is 2. The van der Waals surface area contributed by atoms with Crippen LogP contribution in [0.3, 0.4) is 0 Å². The number of fused-ring (bicyclic) bond motifs is 1. The molecule has 0 spiro atoms. The molecule has 0 atom stereocenters. The molecule has 0 amide bonds. The minimum Gasteiger partial charge on any atom is -0.323 e. The van der Waals surface area contributed by atoms with Crippen molar-refractivity contribution < 1.29 is 0 Å². The monoisotopic (exact) mass is 270 g/mol. The molecule has 96 valence electrons. The summed E-state index contributed by atoms with van der Waals surface area (Å²) in [5, 5.41) is 0.778. The van der Waals surface area contributed by atoms with Gasteiger partial charge in [0.1, 0.15) is 5.82 Å². The lowest BCUT2D eigenvalue weighted by atomic mass is 10.2. The van der Waals surface area contributed by atoms with Crippen LogP contribution in [-0.2, 0) is 13.0 Å². The van der Waals surface area contributed by atoms with Crippen LogP contribution in [-0.4, -0.2) is 9.55 Å². The van der Waals surface area contributed by atoms with Gasteiger partial charge in [-0.15, -0.1) is 0 Å². The average molecular weight is 271 g/mol. The van der Waals surface area contributed by atoms with E-state index in [9.17, 15) is 0 Å². The SMILES string of the molecule is CCc1nc2ccccc2n1Cc1cccc(Cl)c1. The molecule has 3 heteroatoms. The zero-order valence-corrected chi connectivity index (χ0v) is 11.6. The van der Waals surface area contributed by atoms with Gasteiger partial charge in [0.25, 0.3) is 0 Å². The summed E-state index contributed by atoms with van der Waals surface area (Å²) in [7, 11) is 0. The fourth-order valence-corrected chi connectivity index (χ4v) is 2.60. The number of imidazole rings is 1. The molecule has 0 aliphatic heterocycles. The molecule has 0 aliphatic rings. The summed E-state index contributed by atoms with van der Waals surface area (Å²) in [6, 6.07) is 16.3. The zero-order chi connectivity index (χ0) is 13.2. The molecule has 0 N–H and O–H groups in total. The zero-order valence-electron chi connectivity index (χ0n) is 10.8. The summed E-state index contributed by atoms with van der Waals surface area (Å²) in [4.78, 5) is 4.68. The second-order valence-electron chi connectivity index (χ2n) is 4.59. The number of aromatic nitrogens is 2. The van der Waals surface area contributed by atoms with E-state index in [0.29, 0.717) is 0 Å². The van der Waals surface area contributed by atoms with Crippen molar-refractivity contribution in [1.29, 1.82) is 0 Å². The van der Waals surface area contributed by atoms with Gasteiger partial charge in [-0.3, -0.25) is 0 Å². The van der Waals surface area contributed by atoms with Gasteiger partial charge in [-0.2, -0.15) is 0 Å². The van der Waals surface area contributed by atoms with Crippen molar-refractivity contribution in [2.75, 3.05) is 0 Å². The normalized spacial score (nSPS) is 11.1. The fraction of sp³-hybridized carbons (Fsp3) is 0.188. The number of hydrogen-bond acceptors (Lipinski definition) is 1. The van der Waals surface area contributed by atoms with Gasteiger partial charge in [0.15, 0.2) is 0 Å². The molecule has 0 saturated heterocycles. The Morgan fingerprint density at radius 3 is 2.74 bits per heavy atom. The van der Waals surface area contributed by atoms with Gasteiger partial charge in [-0.05, 0) is 29.8 Å². The first-order chi connectivity index (χ1) is 9.28. The van der Waals surface area contributed by atoms with Crippen LogP contribution < -0.4 is 0 Å². The van der Waals surface area contributed by atoms with E-state index in [-0.39, 0.29) is 0 Å². The Hall–Kier alpha value is -1.80. The number of benzene rings is 2. The number of aryl methyl sites for hydroxylation is 1. The van der Waals surface area contributed by atoms with Crippen LogP contribution in [0.15, 0.2) is 48.5 Å². The van der Waals surface area contributed by atoms with E-state index in [4.69, 9.17) is 11.6 Å². The van der Waals surface area contributed by atoms with Crippen LogP contribution in [0.2, 0.25) is 5.02 Å². The highest BCUT2D eigenvalue weighted by Gasteiger charge is 2.09. The number of rotatable bonds is 3. The molecule has 1 heterocycles. The summed E-state index contributed by atoms with van der Waals surface area (Å²) in [5.41, 5.74) is 3.44. The predicted molar refractivity (Wildman–Crippen MR) is 79.7 cm³/mol. The minimum atomic E-state index is 0.778. The fourth-order valence-electron chi connectivity index (χ4n) is 2.39. The highest BCUT2D eigenvalue weighted by atomic mass is 35.5. The summed E-state index contributed by atoms with van der Waals surface area (Å²) in [5.74, 6) is 1.11. The van der Waals surface area contributed by atoms with Gasteiger partial charge < -0.3 is 4.57 Å². The molecule has 0 radical (unpaired) electrons. The maximum Gasteiger partial charge on any atom is 0.109 e. The molecule has 2 nitrogen and oxygen atoms in total. The van der Waals surface area contributed by atoms with E-state index < -0.39 is 0 Å². The lowest BCUT2D eigenvalue weighted by Gasteiger charge is -2.08. The molecule has 2 aromatic carbocycles. The average Bonchev–Trinajstić information content (AvgIpc) is 2.77. The summed E-state index contributed by atoms with van der Waals surface area (Å²) < 4.78 is 2.26. The molecule has 1 aromatic heterocycles. The largest absolute Gasteiger partial charge is 0.323 e. The molecular weight excluding hydrogens is 256 g/mol. The van der Waals surface area contributed by atoms with Crippen molar-refractivity contribution in [3.05, 3.63) is 64.9 Å². The van der Waals surface area contributed by atoms with E-state index in [0.717, 1.165) is 29.3 Å². The second-order valence-corrected chi connectivity index (χ2v) is 5.02. The maximum absolute atomic E-state index is 6.05. The molecular formula is C16H15ClN2. The lowest BCUT2D eigenvalue weighted by molar-refractivity contribution is 0.753. The van der Waals surface area contributed by atoms with Crippen LogP contribution in [0.1, 0.15) is 18.3 Å². The van der Waals surface area contributed by atoms with Gasteiger partial charge in [0.2, 0.25) is 0 Å². The summed E-state index contributed by atoms with van der Waals surface area (Å²) in [6.07, 6.45) is 0.926. The third kappa shape index (κ3) is 2.36. The van der Waals surface area contributed by atoms with Gasteiger partial charge in [-0.1, -0.05) is 42.8 Å². The predicted octanol–water partition coefficient (Wildman–Crippen LogP) is 4.30. The first kappa shape index (κ1) is 12.2. The van der Waals surface area contributed by atoms with Crippen molar-refractivity contribution in [2.45, 2.75) is 19.9 Å². The minimum absolute atomic E-state index is 0.778. The first-order valence-electron chi connectivity index (χ1n) is 6.46. The number of hydrogen-bond donors (Lipinski definition) is 0. The lowest BCUT2D eigenvalue weighted by Crippen LogP contribution is -2.04. The number of halogens is 1. The smallest absolute Gasteiger partial charge is 0.109 e. The van der Waals surface area contributed by atoms with Gasteiger partial charge in [-0.25, -0.2) is 4.98 Å². The van der Waals surface area contributed by atoms with Crippen LogP contribution in [0.5, 0.6) is 0 Å². The van der Waals surface area contributed by atoms with E-state index in [1.807, 2.05) is 24.3 Å². The quantitative estimate of drug-likeness (QED) is 0.694. The first-order valence-corrected chi connectivity index (χ1v) is 6.84. The Kier molecular flexibility index (Phi) is 3.26. The van der Waals surface area contributed by atoms with Crippen molar-refractivity contribution in [3.63, 3.8) is 0 Å². The van der Waals surface area contributed by atoms with Crippen LogP contribution in [0, 0.1) is 0 Å². The molecule has 3 aromatic rings. The Morgan fingerprint density at radius 2 is 1.95 bits per heavy atom. The molecule has 0 saturated carbocycles. The second kappa shape index (κ2) is 5.06. The van der Waals surface area contributed by atoms with Crippen molar-refractivity contribution >= 4 is 22.6 Å². The maximum atomic E-state index is 6.05. The van der Waals surface area contributed by atoms with Crippen molar-refractivity contribution in [1.82, 2.24) is 9.55 Å². The van der Waals surface area contributed by atoms with Crippen LogP contribution in [0.4, 0.5) is 0 Å². The highest BCUT2D eigenvalue weighted by molar-refractivity contribution is 6.30. The van der Waals surface area contributed by atoms with E-state index in [2.05, 4.69) is 40.7 Å². The Balaban J connectivity index is 2.08. The van der Waals surface area contributed by atoms with E-state index in [1.54, 1.807) is 0 Å². The van der Waals surface area contributed by atoms with Gasteiger partial charge >= 0.3 is 0 Å². The van der Waals surface area contributed by atoms with Crippen LogP contribution >= 0.6 is 11.6 Å². The van der Waals surface area contributed by atoms with E-state index in [1.165, 1.54) is 11.1 Å². The van der Waals surface area contributed by atoms with Gasteiger partial charge in [0.05, 0.1) is 11.0 Å². The standard InChI is InChI=1S/C16H15ClN2/c1-2-16-18-14-8-3-4-9-15(14)19(16)11-12-6-5-7-13(17)10-12/h3-10H,2,11H2,1H3. The summed E-state index contributed by atoms with van der Waals surface area (Å²) >= 11 is 6.05.